The fourth-order valence-corrected chi connectivity index (χ4v) is 3.62. The van der Waals surface area contributed by atoms with Crippen LogP contribution in [-0.4, -0.2) is 48.6 Å². The van der Waals surface area contributed by atoms with Gasteiger partial charge in [0.15, 0.2) is 0 Å². The molecule has 3 heteroatoms. The second-order valence-corrected chi connectivity index (χ2v) is 6.09. The first-order valence-electron chi connectivity index (χ1n) is 7.51. The Labute approximate surface area is 116 Å². The number of anilines is 1. The van der Waals surface area contributed by atoms with Gasteiger partial charge in [0.25, 0.3) is 0 Å². The van der Waals surface area contributed by atoms with Gasteiger partial charge in [0.2, 0.25) is 0 Å². The van der Waals surface area contributed by atoms with Crippen LogP contribution in [0.4, 0.5) is 5.69 Å². The molecule has 0 aliphatic carbocycles. The standard InChI is InChI=1S/C16H25N3/c1-18-14-6-7-15(18)12-19(11-9-14)10-8-13-4-2-3-5-16(13)17/h2-5,14-15H,6-12,17H2,1H3. The van der Waals surface area contributed by atoms with Crippen LogP contribution in [0, 0.1) is 0 Å². The molecule has 2 aliphatic heterocycles. The molecule has 2 bridgehead atoms. The molecule has 104 valence electrons. The van der Waals surface area contributed by atoms with Gasteiger partial charge in [-0.2, -0.15) is 0 Å². The van der Waals surface area contributed by atoms with Crippen molar-refractivity contribution in [3.8, 4) is 0 Å². The van der Waals surface area contributed by atoms with E-state index in [0.717, 1.165) is 30.7 Å². The molecule has 2 N–H and O–H groups in total. The van der Waals surface area contributed by atoms with Gasteiger partial charge < -0.3 is 10.6 Å². The maximum Gasteiger partial charge on any atom is 0.0347 e. The Morgan fingerprint density at radius 1 is 1.16 bits per heavy atom. The van der Waals surface area contributed by atoms with E-state index < -0.39 is 0 Å². The first-order chi connectivity index (χ1) is 9.24. The molecule has 2 fully saturated rings. The highest BCUT2D eigenvalue weighted by Crippen LogP contribution is 2.28. The summed E-state index contributed by atoms with van der Waals surface area (Å²) in [6.45, 7) is 3.63. The van der Waals surface area contributed by atoms with Crippen molar-refractivity contribution in [1.29, 1.82) is 0 Å². The number of para-hydroxylation sites is 1. The van der Waals surface area contributed by atoms with Crippen molar-refractivity contribution in [2.24, 2.45) is 0 Å². The molecule has 19 heavy (non-hydrogen) atoms. The number of hydrogen-bond donors (Lipinski definition) is 1. The van der Waals surface area contributed by atoms with Gasteiger partial charge in [-0.15, -0.1) is 0 Å². The van der Waals surface area contributed by atoms with Crippen molar-refractivity contribution < 1.29 is 0 Å². The molecule has 2 atom stereocenters. The number of fused-ring (bicyclic) bond motifs is 2. The molecule has 0 spiro atoms. The molecule has 3 nitrogen and oxygen atoms in total. The Morgan fingerprint density at radius 3 is 2.79 bits per heavy atom. The van der Waals surface area contributed by atoms with Crippen LogP contribution in [-0.2, 0) is 6.42 Å². The summed E-state index contributed by atoms with van der Waals surface area (Å²) in [5.41, 5.74) is 8.26. The van der Waals surface area contributed by atoms with Crippen LogP contribution in [0.2, 0.25) is 0 Å². The Morgan fingerprint density at radius 2 is 1.95 bits per heavy atom. The average Bonchev–Trinajstić information content (AvgIpc) is 2.64. The van der Waals surface area contributed by atoms with Crippen molar-refractivity contribution in [2.75, 3.05) is 32.4 Å². The molecule has 0 saturated carbocycles. The fraction of sp³-hybridized carbons (Fsp3) is 0.625. The smallest absolute Gasteiger partial charge is 0.0347 e. The average molecular weight is 259 g/mol. The van der Waals surface area contributed by atoms with Gasteiger partial charge in [0.05, 0.1) is 0 Å². The van der Waals surface area contributed by atoms with Gasteiger partial charge in [-0.25, -0.2) is 0 Å². The summed E-state index contributed by atoms with van der Waals surface area (Å²) < 4.78 is 0. The van der Waals surface area contributed by atoms with Gasteiger partial charge in [-0.1, -0.05) is 18.2 Å². The molecule has 0 amide bonds. The van der Waals surface area contributed by atoms with Gasteiger partial charge in [-0.3, -0.25) is 4.90 Å². The highest BCUT2D eigenvalue weighted by molar-refractivity contribution is 5.46. The lowest BCUT2D eigenvalue weighted by molar-refractivity contribution is 0.220. The number of nitrogen functional groups attached to an aromatic ring is 1. The summed E-state index contributed by atoms with van der Waals surface area (Å²) >= 11 is 0. The van der Waals surface area contributed by atoms with Gasteiger partial charge >= 0.3 is 0 Å². The van der Waals surface area contributed by atoms with Crippen LogP contribution in [0.15, 0.2) is 24.3 Å². The minimum atomic E-state index is 0.778. The minimum absolute atomic E-state index is 0.778. The Hall–Kier alpha value is -1.06. The van der Waals surface area contributed by atoms with Crippen LogP contribution in [0.5, 0.6) is 0 Å². The molecular formula is C16H25N3. The summed E-state index contributed by atoms with van der Waals surface area (Å²) in [6, 6.07) is 9.87. The number of nitrogens with two attached hydrogens (primary N) is 1. The summed E-state index contributed by atoms with van der Waals surface area (Å²) in [6.07, 6.45) is 5.19. The zero-order valence-electron chi connectivity index (χ0n) is 11.9. The molecule has 3 rings (SSSR count). The Balaban J connectivity index is 1.58. The monoisotopic (exact) mass is 259 g/mol. The second kappa shape index (κ2) is 5.51. The van der Waals surface area contributed by atoms with Crippen LogP contribution in [0.3, 0.4) is 0 Å². The zero-order chi connectivity index (χ0) is 13.2. The van der Waals surface area contributed by atoms with Gasteiger partial charge in [-0.05, 0) is 50.9 Å². The molecule has 2 aliphatic rings. The molecule has 2 saturated heterocycles. The predicted octanol–water partition coefficient (Wildman–Crippen LogP) is 1.98. The predicted molar refractivity (Wildman–Crippen MR) is 80.2 cm³/mol. The van der Waals surface area contributed by atoms with E-state index in [1.807, 2.05) is 12.1 Å². The Kier molecular flexibility index (Phi) is 3.76. The topological polar surface area (TPSA) is 32.5 Å². The van der Waals surface area contributed by atoms with Crippen LogP contribution in [0.25, 0.3) is 0 Å². The van der Waals surface area contributed by atoms with Gasteiger partial charge in [0, 0.05) is 30.9 Å². The van der Waals surface area contributed by atoms with Crippen LogP contribution in [0.1, 0.15) is 24.8 Å². The number of likely N-dealkylation sites (N-methyl/N-ethyl adjacent to an activating group) is 1. The van der Waals surface area contributed by atoms with Crippen molar-refractivity contribution in [3.63, 3.8) is 0 Å². The highest BCUT2D eigenvalue weighted by atomic mass is 15.3. The number of likely N-dealkylation sites (tertiary alicyclic amines) is 1. The number of benzene rings is 1. The summed E-state index contributed by atoms with van der Waals surface area (Å²) in [7, 11) is 2.31. The SMILES string of the molecule is CN1C2CCC1CN(CCc1ccccc1N)CC2. The third-order valence-electron chi connectivity index (χ3n) is 4.99. The maximum absolute atomic E-state index is 6.02. The molecule has 2 heterocycles. The third kappa shape index (κ3) is 2.77. The van der Waals surface area contributed by atoms with E-state index in [0.29, 0.717) is 0 Å². The van der Waals surface area contributed by atoms with Crippen molar-refractivity contribution in [1.82, 2.24) is 9.80 Å². The molecule has 1 aromatic carbocycles. The van der Waals surface area contributed by atoms with Crippen molar-refractivity contribution in [3.05, 3.63) is 29.8 Å². The molecule has 2 unspecified atom stereocenters. The molecule has 0 aromatic heterocycles. The third-order valence-corrected chi connectivity index (χ3v) is 4.99. The first-order valence-corrected chi connectivity index (χ1v) is 7.51. The number of nitrogens with zero attached hydrogens (tertiary/aromatic N) is 2. The second-order valence-electron chi connectivity index (χ2n) is 6.09. The highest BCUT2D eigenvalue weighted by Gasteiger charge is 2.34. The van der Waals surface area contributed by atoms with E-state index in [-0.39, 0.29) is 0 Å². The molecule has 1 aromatic rings. The van der Waals surface area contributed by atoms with E-state index >= 15 is 0 Å². The lowest BCUT2D eigenvalue weighted by Gasteiger charge is -2.25. The molecular weight excluding hydrogens is 234 g/mol. The summed E-state index contributed by atoms with van der Waals surface area (Å²) in [5, 5.41) is 0. The summed E-state index contributed by atoms with van der Waals surface area (Å²) in [4.78, 5) is 5.24. The minimum Gasteiger partial charge on any atom is -0.399 e. The quantitative estimate of drug-likeness (QED) is 0.843. The van der Waals surface area contributed by atoms with Crippen molar-refractivity contribution >= 4 is 5.69 Å². The van der Waals surface area contributed by atoms with Gasteiger partial charge in [0.1, 0.15) is 0 Å². The van der Waals surface area contributed by atoms with Crippen LogP contribution >= 0.6 is 0 Å². The normalized spacial score (nSPS) is 28.5. The first kappa shape index (κ1) is 12.9. The Bertz CT molecular complexity index is 432. The van der Waals surface area contributed by atoms with Crippen LogP contribution < -0.4 is 5.73 Å². The van der Waals surface area contributed by atoms with E-state index in [1.54, 1.807) is 0 Å². The van der Waals surface area contributed by atoms with E-state index in [4.69, 9.17) is 5.73 Å². The van der Waals surface area contributed by atoms with E-state index in [9.17, 15) is 0 Å². The zero-order valence-corrected chi connectivity index (χ0v) is 11.9. The number of rotatable bonds is 3. The maximum atomic E-state index is 6.02. The van der Waals surface area contributed by atoms with E-state index in [1.165, 1.54) is 37.9 Å². The number of hydrogen-bond acceptors (Lipinski definition) is 3. The van der Waals surface area contributed by atoms with E-state index in [2.05, 4.69) is 29.0 Å². The lowest BCUT2D eigenvalue weighted by atomic mass is 10.1. The van der Waals surface area contributed by atoms with Crippen molar-refractivity contribution in [2.45, 2.75) is 37.8 Å². The fourth-order valence-electron chi connectivity index (χ4n) is 3.62. The lowest BCUT2D eigenvalue weighted by Crippen LogP contribution is -2.37. The molecule has 0 radical (unpaired) electrons. The summed E-state index contributed by atoms with van der Waals surface area (Å²) in [5.74, 6) is 0. The largest absolute Gasteiger partial charge is 0.399 e.